The molecule has 162 valence electrons. The number of nitrogen functional groups attached to an aromatic ring is 1. The SMILES string of the molecule is C#C[C@]1(CO)O[C@@H](n2cnc3c(N)nc(F)nc32)C[C@@H]1OC(=O)C(CCC)CCC. The fourth-order valence-electron chi connectivity index (χ4n) is 3.80. The second kappa shape index (κ2) is 8.93. The van der Waals surface area contributed by atoms with Gasteiger partial charge in [-0.05, 0) is 12.8 Å². The number of halogens is 1. The van der Waals surface area contributed by atoms with Gasteiger partial charge in [0.05, 0.1) is 18.9 Å². The van der Waals surface area contributed by atoms with Gasteiger partial charge in [-0.1, -0.05) is 32.6 Å². The Kier molecular flexibility index (Phi) is 6.53. The quantitative estimate of drug-likeness (QED) is 0.378. The standard InChI is InChI=1S/C20H26FN5O4/c1-4-7-12(8-5-2)18(28)29-13-9-14(30-20(13,6-3)10-27)26-11-23-15-16(22)24-19(21)25-17(15)26/h3,11-14,27H,4-5,7-10H2,1-2H3,(H2,22,24,25)/t13-,14+,20+/m0/s1. The highest BCUT2D eigenvalue weighted by atomic mass is 19.1. The van der Waals surface area contributed by atoms with Gasteiger partial charge in [-0.3, -0.25) is 9.36 Å². The average molecular weight is 419 g/mol. The Morgan fingerprint density at radius 2 is 2.20 bits per heavy atom. The molecule has 0 spiro atoms. The average Bonchev–Trinajstić information content (AvgIpc) is 3.29. The van der Waals surface area contributed by atoms with Crippen molar-refractivity contribution >= 4 is 23.0 Å². The van der Waals surface area contributed by atoms with E-state index < -0.39 is 30.6 Å². The minimum atomic E-state index is -1.53. The normalized spacial score (nSPS) is 23.7. The number of imidazole rings is 1. The van der Waals surface area contributed by atoms with E-state index >= 15 is 0 Å². The number of fused-ring (bicyclic) bond motifs is 1. The lowest BCUT2D eigenvalue weighted by Gasteiger charge is -2.28. The summed E-state index contributed by atoms with van der Waals surface area (Å²) < 4.78 is 26.8. The summed E-state index contributed by atoms with van der Waals surface area (Å²) in [6, 6.07) is 0. The molecule has 0 radical (unpaired) electrons. The Labute approximate surface area is 173 Å². The summed E-state index contributed by atoms with van der Waals surface area (Å²) in [7, 11) is 0. The van der Waals surface area contributed by atoms with Crippen LogP contribution in [0, 0.1) is 24.3 Å². The van der Waals surface area contributed by atoms with Gasteiger partial charge in [-0.2, -0.15) is 14.4 Å². The van der Waals surface area contributed by atoms with Crippen LogP contribution in [0.1, 0.15) is 52.2 Å². The lowest BCUT2D eigenvalue weighted by Crippen LogP contribution is -2.44. The number of anilines is 1. The zero-order valence-corrected chi connectivity index (χ0v) is 17.0. The molecule has 2 aromatic rings. The van der Waals surface area contributed by atoms with E-state index in [1.54, 1.807) is 0 Å². The predicted molar refractivity (Wildman–Crippen MR) is 106 cm³/mol. The maximum absolute atomic E-state index is 13.7. The molecule has 10 heteroatoms. The van der Waals surface area contributed by atoms with Gasteiger partial charge in [-0.15, -0.1) is 6.42 Å². The number of hydrogen-bond donors (Lipinski definition) is 2. The predicted octanol–water partition coefficient (Wildman–Crippen LogP) is 1.96. The van der Waals surface area contributed by atoms with Crippen LogP contribution in [0.3, 0.4) is 0 Å². The van der Waals surface area contributed by atoms with Crippen LogP contribution >= 0.6 is 0 Å². The number of aromatic nitrogens is 4. The van der Waals surface area contributed by atoms with Crippen molar-refractivity contribution < 1.29 is 23.8 Å². The first-order valence-electron chi connectivity index (χ1n) is 10.0. The van der Waals surface area contributed by atoms with E-state index in [2.05, 4.69) is 20.9 Å². The number of carbonyl (C=O) groups excluding carboxylic acids is 1. The molecule has 0 amide bonds. The van der Waals surface area contributed by atoms with Crippen LogP contribution in [0.5, 0.6) is 0 Å². The first-order chi connectivity index (χ1) is 14.4. The molecular formula is C20H26FN5O4. The summed E-state index contributed by atoms with van der Waals surface area (Å²) in [6.45, 7) is 3.45. The van der Waals surface area contributed by atoms with E-state index in [1.165, 1.54) is 10.9 Å². The molecular weight excluding hydrogens is 393 g/mol. The summed E-state index contributed by atoms with van der Waals surface area (Å²) in [5, 5.41) is 9.97. The van der Waals surface area contributed by atoms with E-state index in [4.69, 9.17) is 21.6 Å². The van der Waals surface area contributed by atoms with E-state index in [1.807, 2.05) is 13.8 Å². The Bertz CT molecular complexity index is 953. The Morgan fingerprint density at radius 3 is 2.80 bits per heavy atom. The van der Waals surface area contributed by atoms with Crippen LogP contribution in [0.2, 0.25) is 0 Å². The third kappa shape index (κ3) is 3.95. The van der Waals surface area contributed by atoms with E-state index in [0.29, 0.717) is 12.8 Å². The highest BCUT2D eigenvalue weighted by molar-refractivity contribution is 5.81. The summed E-state index contributed by atoms with van der Waals surface area (Å²) >= 11 is 0. The first-order valence-corrected chi connectivity index (χ1v) is 10.0. The van der Waals surface area contributed by atoms with Crippen LogP contribution in [0.4, 0.5) is 10.2 Å². The van der Waals surface area contributed by atoms with Crippen LogP contribution in [0.15, 0.2) is 6.33 Å². The molecule has 0 bridgehead atoms. The van der Waals surface area contributed by atoms with Crippen LogP contribution in [-0.4, -0.2) is 48.9 Å². The lowest BCUT2D eigenvalue weighted by molar-refractivity contribution is -0.164. The van der Waals surface area contributed by atoms with Crippen molar-refractivity contribution in [1.82, 2.24) is 19.5 Å². The van der Waals surface area contributed by atoms with Crippen molar-refractivity contribution in [2.24, 2.45) is 5.92 Å². The summed E-state index contributed by atoms with van der Waals surface area (Å²) in [6.07, 6.45) is 7.58. The van der Waals surface area contributed by atoms with Crippen molar-refractivity contribution in [2.45, 2.75) is 63.9 Å². The Balaban J connectivity index is 1.89. The number of nitrogens with zero attached hydrogens (tertiary/aromatic N) is 4. The molecule has 0 unspecified atom stereocenters. The van der Waals surface area contributed by atoms with Crippen molar-refractivity contribution in [3.05, 3.63) is 12.4 Å². The number of esters is 1. The molecule has 9 nitrogen and oxygen atoms in total. The number of terminal acetylenes is 1. The number of aliphatic hydroxyl groups is 1. The molecule has 30 heavy (non-hydrogen) atoms. The molecule has 3 N–H and O–H groups in total. The van der Waals surface area contributed by atoms with Crippen LogP contribution in [0.25, 0.3) is 11.2 Å². The molecule has 0 aliphatic carbocycles. The van der Waals surface area contributed by atoms with Gasteiger partial charge >= 0.3 is 12.0 Å². The minimum Gasteiger partial charge on any atom is -0.458 e. The molecule has 0 aromatic carbocycles. The molecule has 1 aliphatic rings. The van der Waals surface area contributed by atoms with E-state index in [0.717, 1.165) is 12.8 Å². The van der Waals surface area contributed by atoms with Crippen molar-refractivity contribution in [3.63, 3.8) is 0 Å². The van der Waals surface area contributed by atoms with Gasteiger partial charge in [0.1, 0.15) is 12.3 Å². The second-order valence-corrected chi connectivity index (χ2v) is 7.40. The summed E-state index contributed by atoms with van der Waals surface area (Å²) in [4.78, 5) is 24.1. The largest absolute Gasteiger partial charge is 0.458 e. The number of hydrogen-bond acceptors (Lipinski definition) is 8. The van der Waals surface area contributed by atoms with Gasteiger partial charge in [-0.25, -0.2) is 4.98 Å². The third-order valence-corrected chi connectivity index (χ3v) is 5.36. The summed E-state index contributed by atoms with van der Waals surface area (Å²) in [5.41, 5.74) is 4.51. The monoisotopic (exact) mass is 419 g/mol. The van der Waals surface area contributed by atoms with Gasteiger partial charge in [0.25, 0.3) is 0 Å². The Hall–Kier alpha value is -2.77. The number of ether oxygens (including phenoxy) is 2. The number of rotatable bonds is 8. The molecule has 1 fully saturated rings. The summed E-state index contributed by atoms with van der Waals surface area (Å²) in [5.74, 6) is 1.71. The molecule has 3 atom stereocenters. The van der Waals surface area contributed by atoms with Gasteiger partial charge in [0.15, 0.2) is 22.6 Å². The minimum absolute atomic E-state index is 0.107. The lowest BCUT2D eigenvalue weighted by atomic mass is 9.96. The number of carbonyl (C=O) groups is 1. The second-order valence-electron chi connectivity index (χ2n) is 7.40. The van der Waals surface area contributed by atoms with Crippen molar-refractivity contribution in [1.29, 1.82) is 0 Å². The first kappa shape index (κ1) is 21.9. The fraction of sp³-hybridized carbons (Fsp3) is 0.600. The topological polar surface area (TPSA) is 125 Å². The molecule has 2 aromatic heterocycles. The van der Waals surface area contributed by atoms with Crippen LogP contribution < -0.4 is 5.73 Å². The highest BCUT2D eigenvalue weighted by Crippen LogP contribution is 2.40. The van der Waals surface area contributed by atoms with Gasteiger partial charge in [0.2, 0.25) is 0 Å². The van der Waals surface area contributed by atoms with Crippen molar-refractivity contribution in [3.8, 4) is 12.3 Å². The van der Waals surface area contributed by atoms with Gasteiger partial charge in [0, 0.05) is 6.42 Å². The molecule has 3 rings (SSSR count). The smallest absolute Gasteiger partial charge is 0.312 e. The fourth-order valence-corrected chi connectivity index (χ4v) is 3.80. The molecule has 1 saturated heterocycles. The molecule has 1 aliphatic heterocycles. The third-order valence-electron chi connectivity index (χ3n) is 5.36. The highest BCUT2D eigenvalue weighted by Gasteiger charge is 2.51. The maximum atomic E-state index is 13.7. The zero-order chi connectivity index (χ0) is 21.9. The Morgan fingerprint density at radius 1 is 1.50 bits per heavy atom. The zero-order valence-electron chi connectivity index (χ0n) is 17.0. The van der Waals surface area contributed by atoms with Crippen molar-refractivity contribution in [2.75, 3.05) is 12.3 Å². The van der Waals surface area contributed by atoms with E-state index in [-0.39, 0.29) is 35.3 Å². The molecule has 3 heterocycles. The number of aliphatic hydroxyl groups excluding tert-OH is 1. The van der Waals surface area contributed by atoms with E-state index in [9.17, 15) is 14.3 Å². The van der Waals surface area contributed by atoms with Crippen LogP contribution in [-0.2, 0) is 14.3 Å². The molecule has 0 saturated carbocycles. The maximum Gasteiger partial charge on any atom is 0.312 e. The number of nitrogens with two attached hydrogens (primary N) is 1. The van der Waals surface area contributed by atoms with Gasteiger partial charge < -0.3 is 20.3 Å².